The SMILES string of the molecule is O=C(O)C1CC(=O)N(CCc2ccc[nH]2)C1. The molecule has 1 aliphatic heterocycles. The molecular weight excluding hydrogens is 208 g/mol. The van der Waals surface area contributed by atoms with Crippen molar-refractivity contribution in [1.29, 1.82) is 0 Å². The van der Waals surface area contributed by atoms with Crippen molar-refractivity contribution in [2.24, 2.45) is 5.92 Å². The van der Waals surface area contributed by atoms with Crippen LogP contribution in [0.5, 0.6) is 0 Å². The van der Waals surface area contributed by atoms with Gasteiger partial charge in [-0.25, -0.2) is 0 Å². The Kier molecular flexibility index (Phi) is 2.94. The summed E-state index contributed by atoms with van der Waals surface area (Å²) in [6, 6.07) is 3.86. The van der Waals surface area contributed by atoms with E-state index in [0.29, 0.717) is 13.1 Å². The minimum absolute atomic E-state index is 0.0565. The number of aliphatic carboxylic acids is 1. The molecule has 1 atom stereocenters. The van der Waals surface area contributed by atoms with Gasteiger partial charge in [0, 0.05) is 37.8 Å². The average Bonchev–Trinajstić information content (AvgIpc) is 2.84. The Morgan fingerprint density at radius 2 is 2.44 bits per heavy atom. The van der Waals surface area contributed by atoms with Gasteiger partial charge in [-0.1, -0.05) is 0 Å². The highest BCUT2D eigenvalue weighted by atomic mass is 16.4. The van der Waals surface area contributed by atoms with Crippen LogP contribution >= 0.6 is 0 Å². The molecule has 1 aromatic heterocycles. The lowest BCUT2D eigenvalue weighted by Gasteiger charge is -2.15. The fourth-order valence-electron chi connectivity index (χ4n) is 1.93. The first-order valence-electron chi connectivity index (χ1n) is 5.29. The van der Waals surface area contributed by atoms with Crippen molar-refractivity contribution in [3.8, 4) is 0 Å². The number of likely N-dealkylation sites (tertiary alicyclic amines) is 1. The van der Waals surface area contributed by atoms with Gasteiger partial charge in [0.05, 0.1) is 5.92 Å². The zero-order chi connectivity index (χ0) is 11.5. The van der Waals surface area contributed by atoms with Gasteiger partial charge in [0.25, 0.3) is 0 Å². The average molecular weight is 222 g/mol. The van der Waals surface area contributed by atoms with E-state index in [1.807, 2.05) is 18.3 Å². The van der Waals surface area contributed by atoms with Crippen LogP contribution < -0.4 is 0 Å². The molecule has 0 aliphatic carbocycles. The Morgan fingerprint density at radius 3 is 3.00 bits per heavy atom. The second-order valence-corrected chi connectivity index (χ2v) is 4.02. The Morgan fingerprint density at radius 1 is 1.62 bits per heavy atom. The van der Waals surface area contributed by atoms with E-state index in [0.717, 1.165) is 12.1 Å². The summed E-state index contributed by atoms with van der Waals surface area (Å²) < 4.78 is 0. The van der Waals surface area contributed by atoms with Crippen LogP contribution in [0.2, 0.25) is 0 Å². The van der Waals surface area contributed by atoms with Gasteiger partial charge in [0.1, 0.15) is 0 Å². The first-order valence-corrected chi connectivity index (χ1v) is 5.29. The minimum Gasteiger partial charge on any atom is -0.481 e. The van der Waals surface area contributed by atoms with Crippen LogP contribution in [0.4, 0.5) is 0 Å². The summed E-state index contributed by atoms with van der Waals surface area (Å²) in [5.41, 5.74) is 1.06. The van der Waals surface area contributed by atoms with Crippen LogP contribution in [0.15, 0.2) is 18.3 Å². The number of nitrogens with one attached hydrogen (secondary N) is 1. The third kappa shape index (κ3) is 2.24. The number of H-pyrrole nitrogens is 1. The van der Waals surface area contributed by atoms with Crippen molar-refractivity contribution in [1.82, 2.24) is 9.88 Å². The summed E-state index contributed by atoms with van der Waals surface area (Å²) in [6.07, 6.45) is 2.71. The van der Waals surface area contributed by atoms with Gasteiger partial charge in [-0.3, -0.25) is 9.59 Å². The molecule has 86 valence electrons. The molecule has 0 saturated carbocycles. The fraction of sp³-hybridized carbons (Fsp3) is 0.455. The molecule has 2 rings (SSSR count). The lowest BCUT2D eigenvalue weighted by atomic mass is 10.1. The third-order valence-electron chi connectivity index (χ3n) is 2.88. The van der Waals surface area contributed by atoms with E-state index in [1.165, 1.54) is 0 Å². The van der Waals surface area contributed by atoms with E-state index in [-0.39, 0.29) is 12.3 Å². The largest absolute Gasteiger partial charge is 0.481 e. The first kappa shape index (κ1) is 10.7. The summed E-state index contributed by atoms with van der Waals surface area (Å²) in [5.74, 6) is -1.47. The number of carbonyl (C=O) groups excluding carboxylic acids is 1. The Labute approximate surface area is 93.1 Å². The van der Waals surface area contributed by atoms with Crippen molar-refractivity contribution in [3.05, 3.63) is 24.0 Å². The molecule has 1 aromatic rings. The fourth-order valence-corrected chi connectivity index (χ4v) is 1.93. The Balaban J connectivity index is 1.87. The smallest absolute Gasteiger partial charge is 0.308 e. The van der Waals surface area contributed by atoms with Crippen LogP contribution in [0.25, 0.3) is 0 Å². The number of nitrogens with zero attached hydrogens (tertiary/aromatic N) is 1. The lowest BCUT2D eigenvalue weighted by Crippen LogP contribution is -2.28. The van der Waals surface area contributed by atoms with Gasteiger partial charge < -0.3 is 15.0 Å². The molecule has 16 heavy (non-hydrogen) atoms. The molecule has 1 amide bonds. The lowest BCUT2D eigenvalue weighted by molar-refractivity contribution is -0.141. The highest BCUT2D eigenvalue weighted by molar-refractivity contribution is 5.86. The summed E-state index contributed by atoms with van der Waals surface area (Å²) in [7, 11) is 0. The molecule has 5 nitrogen and oxygen atoms in total. The molecule has 5 heteroatoms. The monoisotopic (exact) mass is 222 g/mol. The Bertz CT molecular complexity index is 386. The van der Waals surface area contributed by atoms with Crippen LogP contribution in [0, 0.1) is 5.92 Å². The number of hydrogen-bond donors (Lipinski definition) is 2. The van der Waals surface area contributed by atoms with Crippen LogP contribution in [-0.2, 0) is 16.0 Å². The zero-order valence-electron chi connectivity index (χ0n) is 8.85. The Hall–Kier alpha value is -1.78. The van der Waals surface area contributed by atoms with Gasteiger partial charge in [0.2, 0.25) is 5.91 Å². The normalized spacial score (nSPS) is 20.4. The molecule has 1 aliphatic rings. The molecule has 1 saturated heterocycles. The second-order valence-electron chi connectivity index (χ2n) is 4.02. The number of carbonyl (C=O) groups is 2. The molecule has 0 aromatic carbocycles. The number of aromatic amines is 1. The predicted molar refractivity (Wildman–Crippen MR) is 56.8 cm³/mol. The van der Waals surface area contributed by atoms with Crippen molar-refractivity contribution < 1.29 is 14.7 Å². The number of hydrogen-bond acceptors (Lipinski definition) is 2. The van der Waals surface area contributed by atoms with E-state index in [4.69, 9.17) is 5.11 Å². The summed E-state index contributed by atoms with van der Waals surface area (Å²) in [5, 5.41) is 8.82. The quantitative estimate of drug-likeness (QED) is 0.778. The maximum atomic E-state index is 11.5. The number of carboxylic acids is 1. The van der Waals surface area contributed by atoms with Crippen LogP contribution in [0.3, 0.4) is 0 Å². The molecule has 0 radical (unpaired) electrons. The molecule has 0 bridgehead atoms. The number of rotatable bonds is 4. The van der Waals surface area contributed by atoms with E-state index < -0.39 is 11.9 Å². The molecule has 2 N–H and O–H groups in total. The van der Waals surface area contributed by atoms with Gasteiger partial charge >= 0.3 is 5.97 Å². The standard InChI is InChI=1S/C11H14N2O3/c14-10-6-8(11(15)16)7-13(10)5-3-9-2-1-4-12-9/h1-2,4,8,12H,3,5-7H2,(H,15,16). The number of carboxylic acid groups (broad SMARTS) is 1. The molecule has 2 heterocycles. The van der Waals surface area contributed by atoms with Crippen molar-refractivity contribution in [2.45, 2.75) is 12.8 Å². The van der Waals surface area contributed by atoms with Gasteiger partial charge in [-0.05, 0) is 12.1 Å². The number of amides is 1. The highest BCUT2D eigenvalue weighted by Crippen LogP contribution is 2.18. The topological polar surface area (TPSA) is 73.4 Å². The molecule has 1 unspecified atom stereocenters. The van der Waals surface area contributed by atoms with Gasteiger partial charge in [-0.15, -0.1) is 0 Å². The first-order chi connectivity index (χ1) is 7.66. The van der Waals surface area contributed by atoms with E-state index in [1.54, 1.807) is 4.90 Å². The van der Waals surface area contributed by atoms with Crippen LogP contribution in [0.1, 0.15) is 12.1 Å². The maximum Gasteiger partial charge on any atom is 0.308 e. The molecule has 1 fully saturated rings. The predicted octanol–water partition coefficient (Wildman–Crippen LogP) is 0.490. The van der Waals surface area contributed by atoms with Crippen molar-refractivity contribution >= 4 is 11.9 Å². The zero-order valence-corrected chi connectivity index (χ0v) is 8.85. The van der Waals surface area contributed by atoms with Crippen molar-refractivity contribution in [2.75, 3.05) is 13.1 Å². The third-order valence-corrected chi connectivity index (χ3v) is 2.88. The highest BCUT2D eigenvalue weighted by Gasteiger charge is 2.33. The number of aromatic nitrogens is 1. The van der Waals surface area contributed by atoms with E-state index >= 15 is 0 Å². The summed E-state index contributed by atoms with van der Waals surface area (Å²) >= 11 is 0. The summed E-state index contributed by atoms with van der Waals surface area (Å²) in [4.78, 5) is 26.9. The maximum absolute atomic E-state index is 11.5. The minimum atomic E-state index is -0.879. The van der Waals surface area contributed by atoms with Crippen LogP contribution in [-0.4, -0.2) is 40.0 Å². The van der Waals surface area contributed by atoms with Gasteiger partial charge in [-0.2, -0.15) is 0 Å². The molecule has 0 spiro atoms. The van der Waals surface area contributed by atoms with Gasteiger partial charge in [0.15, 0.2) is 0 Å². The van der Waals surface area contributed by atoms with E-state index in [9.17, 15) is 9.59 Å². The van der Waals surface area contributed by atoms with Crippen molar-refractivity contribution in [3.63, 3.8) is 0 Å². The second kappa shape index (κ2) is 4.38. The van der Waals surface area contributed by atoms with E-state index in [2.05, 4.69) is 4.98 Å². The summed E-state index contributed by atoms with van der Waals surface area (Å²) in [6.45, 7) is 0.929. The molecular formula is C11H14N2O3.